The smallest absolute Gasteiger partial charge is 0.224 e. The first-order chi connectivity index (χ1) is 14.6. The van der Waals surface area contributed by atoms with Crippen LogP contribution in [0.3, 0.4) is 0 Å². The number of anilines is 1. The van der Waals surface area contributed by atoms with Gasteiger partial charge in [0, 0.05) is 41.9 Å². The van der Waals surface area contributed by atoms with Gasteiger partial charge in [0.05, 0.1) is 19.1 Å². The summed E-state index contributed by atoms with van der Waals surface area (Å²) >= 11 is 0. The molecule has 158 valence electrons. The largest absolute Gasteiger partial charge is 0.380 e. The Bertz CT molecular complexity index is 926. The maximum atomic E-state index is 12.9. The van der Waals surface area contributed by atoms with Crippen LogP contribution in [0.5, 0.6) is 0 Å². The summed E-state index contributed by atoms with van der Waals surface area (Å²) in [6.07, 6.45) is 5.13. The van der Waals surface area contributed by atoms with Crippen molar-refractivity contribution >= 4 is 11.7 Å². The third-order valence-electron chi connectivity index (χ3n) is 6.63. The summed E-state index contributed by atoms with van der Waals surface area (Å²) in [4.78, 5) is 25.1. The monoisotopic (exact) mass is 406 g/mol. The molecule has 1 unspecified atom stereocenters. The molecule has 6 nitrogen and oxygen atoms in total. The number of hydrogen-bond acceptors (Lipinski definition) is 5. The number of nitrogens with zero attached hydrogens (tertiary/aromatic N) is 3. The van der Waals surface area contributed by atoms with E-state index in [1.807, 2.05) is 18.2 Å². The Balaban J connectivity index is 1.35. The molecule has 30 heavy (non-hydrogen) atoms. The molecule has 2 aromatic rings. The molecule has 1 aromatic heterocycles. The summed E-state index contributed by atoms with van der Waals surface area (Å²) < 4.78 is 5.31. The van der Waals surface area contributed by atoms with E-state index in [9.17, 15) is 4.79 Å². The van der Waals surface area contributed by atoms with E-state index in [2.05, 4.69) is 29.3 Å². The van der Waals surface area contributed by atoms with Gasteiger partial charge in [0.25, 0.3) is 0 Å². The van der Waals surface area contributed by atoms with Crippen molar-refractivity contribution in [3.8, 4) is 11.4 Å². The predicted molar refractivity (Wildman–Crippen MR) is 116 cm³/mol. The van der Waals surface area contributed by atoms with Gasteiger partial charge in [-0.05, 0) is 32.1 Å². The minimum absolute atomic E-state index is 0.00976. The molecule has 1 aliphatic carbocycles. The lowest BCUT2D eigenvalue weighted by Gasteiger charge is -2.39. The van der Waals surface area contributed by atoms with Gasteiger partial charge in [0.15, 0.2) is 5.82 Å². The molecule has 0 radical (unpaired) electrons. The highest BCUT2D eigenvalue weighted by Gasteiger charge is 2.35. The lowest BCUT2D eigenvalue weighted by atomic mass is 9.88. The maximum Gasteiger partial charge on any atom is 0.224 e. The highest BCUT2D eigenvalue weighted by Crippen LogP contribution is 2.33. The summed E-state index contributed by atoms with van der Waals surface area (Å²) in [6, 6.07) is 10.2. The van der Waals surface area contributed by atoms with Crippen LogP contribution in [0, 0.1) is 11.3 Å². The Morgan fingerprint density at radius 2 is 2.03 bits per heavy atom. The number of carbonyl (C=O) groups is 1. The molecule has 0 saturated carbocycles. The summed E-state index contributed by atoms with van der Waals surface area (Å²) in [5.41, 5.74) is 3.62. The average molecular weight is 407 g/mol. The van der Waals surface area contributed by atoms with Gasteiger partial charge >= 0.3 is 0 Å². The minimum Gasteiger partial charge on any atom is -0.380 e. The molecule has 1 atom stereocenters. The first kappa shape index (κ1) is 19.5. The first-order valence-corrected chi connectivity index (χ1v) is 11.2. The molecule has 0 spiro atoms. The number of fused-ring (bicyclic) bond motifs is 1. The third kappa shape index (κ3) is 3.81. The summed E-state index contributed by atoms with van der Waals surface area (Å²) in [5.74, 6) is 2.03. The van der Waals surface area contributed by atoms with Gasteiger partial charge in [-0.2, -0.15) is 0 Å². The number of ether oxygens (including phenoxy) is 1. The van der Waals surface area contributed by atoms with Gasteiger partial charge in [0.1, 0.15) is 5.82 Å². The van der Waals surface area contributed by atoms with Crippen molar-refractivity contribution in [1.29, 1.82) is 0 Å². The second-order valence-corrected chi connectivity index (χ2v) is 9.32. The molecular weight excluding hydrogens is 376 g/mol. The van der Waals surface area contributed by atoms with Gasteiger partial charge in [-0.15, -0.1) is 0 Å². The predicted octanol–water partition coefficient (Wildman–Crippen LogP) is 3.00. The zero-order valence-electron chi connectivity index (χ0n) is 17.7. The van der Waals surface area contributed by atoms with Crippen molar-refractivity contribution in [2.75, 3.05) is 37.7 Å². The fourth-order valence-corrected chi connectivity index (χ4v) is 4.77. The van der Waals surface area contributed by atoms with E-state index >= 15 is 0 Å². The van der Waals surface area contributed by atoms with Gasteiger partial charge in [-0.3, -0.25) is 4.79 Å². The highest BCUT2D eigenvalue weighted by atomic mass is 16.5. The first-order valence-electron chi connectivity index (χ1n) is 11.2. The van der Waals surface area contributed by atoms with Crippen molar-refractivity contribution in [2.45, 2.75) is 39.0 Å². The number of nitrogens with one attached hydrogen (secondary N) is 1. The maximum absolute atomic E-state index is 12.9. The van der Waals surface area contributed by atoms with E-state index < -0.39 is 0 Å². The zero-order chi connectivity index (χ0) is 20.6. The van der Waals surface area contributed by atoms with Crippen molar-refractivity contribution in [3.63, 3.8) is 0 Å². The van der Waals surface area contributed by atoms with Crippen LogP contribution in [0.1, 0.15) is 37.4 Å². The van der Waals surface area contributed by atoms with Gasteiger partial charge < -0.3 is 15.0 Å². The molecule has 6 heteroatoms. The number of rotatable bonds is 5. The Hall–Kier alpha value is -2.47. The van der Waals surface area contributed by atoms with Gasteiger partial charge in [0.2, 0.25) is 5.91 Å². The van der Waals surface area contributed by atoms with E-state index in [1.165, 1.54) is 11.3 Å². The van der Waals surface area contributed by atoms with Crippen molar-refractivity contribution < 1.29 is 9.53 Å². The number of hydrogen-bond donors (Lipinski definition) is 1. The van der Waals surface area contributed by atoms with Crippen LogP contribution in [-0.4, -0.2) is 48.7 Å². The normalized spacial score (nSPS) is 22.3. The molecule has 2 fully saturated rings. The van der Waals surface area contributed by atoms with Crippen LogP contribution in [0.25, 0.3) is 11.4 Å². The van der Waals surface area contributed by atoms with Crippen LogP contribution in [0.15, 0.2) is 30.3 Å². The quantitative estimate of drug-likeness (QED) is 0.827. The van der Waals surface area contributed by atoms with Crippen molar-refractivity contribution in [1.82, 2.24) is 15.3 Å². The highest BCUT2D eigenvalue weighted by molar-refractivity contribution is 5.79. The van der Waals surface area contributed by atoms with Gasteiger partial charge in [-0.1, -0.05) is 37.3 Å². The lowest BCUT2D eigenvalue weighted by molar-refractivity contribution is -0.130. The Morgan fingerprint density at radius 1 is 1.20 bits per heavy atom. The minimum atomic E-state index is 0.00976. The molecule has 2 aliphatic heterocycles. The molecule has 1 aromatic carbocycles. The molecular formula is C24H30N4O2. The molecule has 1 N–H and O–H groups in total. The van der Waals surface area contributed by atoms with Crippen LogP contribution in [-0.2, 0) is 22.4 Å². The van der Waals surface area contributed by atoms with Gasteiger partial charge in [-0.25, -0.2) is 9.97 Å². The number of aryl methyl sites for hydroxylation is 1. The fraction of sp³-hybridized carbons (Fsp3) is 0.542. The fourth-order valence-electron chi connectivity index (χ4n) is 4.77. The van der Waals surface area contributed by atoms with E-state index in [0.29, 0.717) is 6.54 Å². The second-order valence-electron chi connectivity index (χ2n) is 9.32. The SMILES string of the molecule is CC1(CNC(=O)C2CCCN(c3nc(-c4ccccc4)nc4c3CCC4)C2)COC1. The zero-order valence-corrected chi connectivity index (χ0v) is 17.7. The molecule has 3 aliphatic rings. The molecule has 5 rings (SSSR count). The number of benzene rings is 1. The topological polar surface area (TPSA) is 67.4 Å². The molecule has 0 bridgehead atoms. The summed E-state index contributed by atoms with van der Waals surface area (Å²) in [5, 5.41) is 3.18. The van der Waals surface area contributed by atoms with E-state index in [-0.39, 0.29) is 17.2 Å². The Morgan fingerprint density at radius 3 is 2.80 bits per heavy atom. The Kier molecular flexibility index (Phi) is 5.19. The van der Waals surface area contributed by atoms with Crippen molar-refractivity contribution in [3.05, 3.63) is 41.6 Å². The van der Waals surface area contributed by atoms with E-state index in [1.54, 1.807) is 0 Å². The number of amides is 1. The summed E-state index contributed by atoms with van der Waals surface area (Å²) in [7, 11) is 0. The number of aromatic nitrogens is 2. The van der Waals surface area contributed by atoms with E-state index in [0.717, 1.165) is 75.6 Å². The average Bonchev–Trinajstić information content (AvgIpc) is 3.25. The molecule has 3 heterocycles. The van der Waals surface area contributed by atoms with Crippen LogP contribution >= 0.6 is 0 Å². The summed E-state index contributed by atoms with van der Waals surface area (Å²) in [6.45, 7) is 6.02. The molecule has 2 saturated heterocycles. The molecule has 1 amide bonds. The van der Waals surface area contributed by atoms with Crippen LogP contribution in [0.2, 0.25) is 0 Å². The third-order valence-corrected chi connectivity index (χ3v) is 6.63. The Labute approximate surface area is 178 Å². The van der Waals surface area contributed by atoms with Crippen LogP contribution in [0.4, 0.5) is 5.82 Å². The van der Waals surface area contributed by atoms with Crippen molar-refractivity contribution in [2.24, 2.45) is 11.3 Å². The van der Waals surface area contributed by atoms with E-state index in [4.69, 9.17) is 14.7 Å². The van der Waals surface area contributed by atoms with Crippen LogP contribution < -0.4 is 10.2 Å². The number of piperidine rings is 1. The number of carbonyl (C=O) groups excluding carboxylic acids is 1. The standard InChI is InChI=1S/C24H30N4O2/c1-24(15-30-16-24)14-25-23(29)18-9-6-12-28(13-18)22-19-10-5-11-20(19)26-21(27-22)17-7-3-2-4-8-17/h2-4,7-8,18H,5-6,9-16H2,1H3,(H,25,29). The lowest BCUT2D eigenvalue weighted by Crippen LogP contribution is -2.51. The second kappa shape index (κ2) is 7.99.